The molecule has 1 amide bonds. The van der Waals surface area contributed by atoms with E-state index >= 15 is 0 Å². The number of para-hydroxylation sites is 1. The zero-order valence-corrected chi connectivity index (χ0v) is 14.7. The molecule has 2 aromatic heterocycles. The predicted octanol–water partition coefficient (Wildman–Crippen LogP) is 2.21. The highest BCUT2D eigenvalue weighted by Crippen LogP contribution is 2.25. The van der Waals surface area contributed by atoms with Crippen molar-refractivity contribution in [1.82, 2.24) is 15.3 Å². The zero-order valence-electron chi connectivity index (χ0n) is 13.9. The van der Waals surface area contributed by atoms with Gasteiger partial charge < -0.3 is 5.32 Å². The van der Waals surface area contributed by atoms with E-state index in [1.807, 2.05) is 36.4 Å². The molecule has 6 nitrogen and oxygen atoms in total. The molecule has 1 aromatic carbocycles. The number of hydrogen-bond acceptors (Lipinski definition) is 5. The van der Waals surface area contributed by atoms with Crippen LogP contribution in [0.2, 0.25) is 0 Å². The van der Waals surface area contributed by atoms with Crippen molar-refractivity contribution in [2.45, 2.75) is 12.5 Å². The largest absolute Gasteiger partial charge is 0.348 e. The molecule has 1 N–H and O–H groups in total. The molecular formula is C19H17N3O3S. The minimum Gasteiger partial charge on any atom is -0.348 e. The van der Waals surface area contributed by atoms with Gasteiger partial charge in [-0.05, 0) is 30.7 Å². The SMILES string of the molecule is O=C(NC1CCS(=O)(=O)C1)c1cc(-c2cccnc2)nc2ccccc12. The average Bonchev–Trinajstić information content (AvgIpc) is 2.99. The third kappa shape index (κ3) is 3.30. The van der Waals surface area contributed by atoms with Crippen LogP contribution < -0.4 is 5.32 Å². The molecule has 0 saturated carbocycles. The number of carbonyl (C=O) groups is 1. The van der Waals surface area contributed by atoms with Gasteiger partial charge in [-0.1, -0.05) is 18.2 Å². The van der Waals surface area contributed by atoms with Crippen molar-refractivity contribution in [3.63, 3.8) is 0 Å². The summed E-state index contributed by atoms with van der Waals surface area (Å²) in [5.41, 5.74) is 2.66. The summed E-state index contributed by atoms with van der Waals surface area (Å²) in [6.07, 6.45) is 3.83. The summed E-state index contributed by atoms with van der Waals surface area (Å²) in [7, 11) is -3.05. The van der Waals surface area contributed by atoms with Crippen LogP contribution in [0.5, 0.6) is 0 Å². The van der Waals surface area contributed by atoms with E-state index in [0.29, 0.717) is 23.2 Å². The third-order valence-electron chi connectivity index (χ3n) is 4.49. The minimum absolute atomic E-state index is 0.00276. The van der Waals surface area contributed by atoms with E-state index in [9.17, 15) is 13.2 Å². The van der Waals surface area contributed by atoms with Crippen LogP contribution in [0.4, 0.5) is 0 Å². The Labute approximate surface area is 151 Å². The first kappa shape index (κ1) is 16.7. The molecule has 1 aliphatic rings. The summed E-state index contributed by atoms with van der Waals surface area (Å²) in [6.45, 7) is 0. The fourth-order valence-corrected chi connectivity index (χ4v) is 4.87. The van der Waals surface area contributed by atoms with Gasteiger partial charge in [0.2, 0.25) is 0 Å². The highest BCUT2D eigenvalue weighted by Gasteiger charge is 2.29. The number of hydrogen-bond donors (Lipinski definition) is 1. The molecule has 26 heavy (non-hydrogen) atoms. The first-order valence-corrected chi connectivity index (χ1v) is 10.2. The number of nitrogens with one attached hydrogen (secondary N) is 1. The number of carbonyl (C=O) groups excluding carboxylic acids is 1. The molecular weight excluding hydrogens is 350 g/mol. The van der Waals surface area contributed by atoms with Crippen molar-refractivity contribution in [3.05, 3.63) is 60.4 Å². The quantitative estimate of drug-likeness (QED) is 0.767. The summed E-state index contributed by atoms with van der Waals surface area (Å²) in [6, 6.07) is 12.5. The Bertz CT molecular complexity index is 1080. The van der Waals surface area contributed by atoms with Crippen LogP contribution >= 0.6 is 0 Å². The fourth-order valence-electron chi connectivity index (χ4n) is 3.20. The molecule has 1 aliphatic heterocycles. The molecule has 0 radical (unpaired) electrons. The lowest BCUT2D eigenvalue weighted by Gasteiger charge is -2.13. The second-order valence-corrected chi connectivity index (χ2v) is 8.62. The van der Waals surface area contributed by atoms with Crippen molar-refractivity contribution < 1.29 is 13.2 Å². The van der Waals surface area contributed by atoms with Gasteiger partial charge in [-0.3, -0.25) is 9.78 Å². The Morgan fingerprint density at radius 2 is 2.00 bits per heavy atom. The summed E-state index contributed by atoms with van der Waals surface area (Å²) in [5, 5.41) is 3.59. The van der Waals surface area contributed by atoms with Crippen LogP contribution in [0.1, 0.15) is 16.8 Å². The maximum atomic E-state index is 12.9. The lowest BCUT2D eigenvalue weighted by Crippen LogP contribution is -2.35. The van der Waals surface area contributed by atoms with E-state index in [0.717, 1.165) is 10.9 Å². The second kappa shape index (κ2) is 6.49. The van der Waals surface area contributed by atoms with Gasteiger partial charge in [-0.25, -0.2) is 13.4 Å². The van der Waals surface area contributed by atoms with Crippen LogP contribution in [-0.4, -0.2) is 41.8 Å². The topological polar surface area (TPSA) is 89.0 Å². The third-order valence-corrected chi connectivity index (χ3v) is 6.25. The number of amides is 1. The molecule has 132 valence electrons. The number of aromatic nitrogens is 2. The van der Waals surface area contributed by atoms with Gasteiger partial charge in [0.1, 0.15) is 0 Å². The Hall–Kier alpha value is -2.80. The first-order valence-electron chi connectivity index (χ1n) is 8.33. The molecule has 3 heterocycles. The van der Waals surface area contributed by atoms with Gasteiger partial charge in [0.25, 0.3) is 5.91 Å². The molecule has 4 rings (SSSR count). The minimum atomic E-state index is -3.05. The van der Waals surface area contributed by atoms with Crippen LogP contribution in [0.15, 0.2) is 54.9 Å². The molecule has 0 bridgehead atoms. The summed E-state index contributed by atoms with van der Waals surface area (Å²) < 4.78 is 23.3. The Morgan fingerprint density at radius 1 is 1.15 bits per heavy atom. The van der Waals surface area contributed by atoms with Crippen molar-refractivity contribution in [1.29, 1.82) is 0 Å². The van der Waals surface area contributed by atoms with Gasteiger partial charge in [-0.2, -0.15) is 0 Å². The number of rotatable bonds is 3. The summed E-state index contributed by atoms with van der Waals surface area (Å²) >= 11 is 0. The molecule has 0 aliphatic carbocycles. The predicted molar refractivity (Wildman–Crippen MR) is 99.5 cm³/mol. The van der Waals surface area contributed by atoms with Crippen molar-refractivity contribution >= 4 is 26.6 Å². The Kier molecular flexibility index (Phi) is 4.16. The van der Waals surface area contributed by atoms with Crippen LogP contribution in [0, 0.1) is 0 Å². The second-order valence-electron chi connectivity index (χ2n) is 6.39. The molecule has 3 aromatic rings. The van der Waals surface area contributed by atoms with E-state index in [4.69, 9.17) is 0 Å². The maximum absolute atomic E-state index is 12.9. The van der Waals surface area contributed by atoms with Crippen molar-refractivity contribution in [2.24, 2.45) is 0 Å². The van der Waals surface area contributed by atoms with Gasteiger partial charge in [0.05, 0.1) is 28.3 Å². The zero-order chi connectivity index (χ0) is 18.1. The average molecular weight is 367 g/mol. The van der Waals surface area contributed by atoms with Gasteiger partial charge in [0, 0.05) is 29.4 Å². The number of fused-ring (bicyclic) bond motifs is 1. The van der Waals surface area contributed by atoms with E-state index < -0.39 is 9.84 Å². The Balaban J connectivity index is 1.74. The molecule has 7 heteroatoms. The normalized spacial score (nSPS) is 18.7. The van der Waals surface area contributed by atoms with Gasteiger partial charge in [0.15, 0.2) is 9.84 Å². The summed E-state index contributed by atoms with van der Waals surface area (Å²) in [5.74, 6) is -0.163. The number of nitrogens with zero attached hydrogens (tertiary/aromatic N) is 2. The first-order chi connectivity index (χ1) is 12.5. The van der Waals surface area contributed by atoms with Crippen LogP contribution in [-0.2, 0) is 9.84 Å². The van der Waals surface area contributed by atoms with Crippen LogP contribution in [0.3, 0.4) is 0 Å². The standard InChI is InChI=1S/C19H17N3O3S/c23-19(21-14-7-9-26(24,25)12-14)16-10-18(13-4-3-8-20-11-13)22-17-6-2-1-5-15(16)17/h1-6,8,10-11,14H,7,9,12H2,(H,21,23). The summed E-state index contributed by atoms with van der Waals surface area (Å²) in [4.78, 5) is 21.6. The van der Waals surface area contributed by atoms with Crippen LogP contribution in [0.25, 0.3) is 22.2 Å². The molecule has 1 saturated heterocycles. The lowest BCUT2D eigenvalue weighted by atomic mass is 10.0. The monoisotopic (exact) mass is 367 g/mol. The van der Waals surface area contributed by atoms with Gasteiger partial charge in [-0.15, -0.1) is 0 Å². The number of sulfone groups is 1. The molecule has 0 spiro atoms. The number of pyridine rings is 2. The van der Waals surface area contributed by atoms with Gasteiger partial charge >= 0.3 is 0 Å². The smallest absolute Gasteiger partial charge is 0.252 e. The van der Waals surface area contributed by atoms with E-state index in [-0.39, 0.29) is 23.5 Å². The fraction of sp³-hybridized carbons (Fsp3) is 0.211. The van der Waals surface area contributed by atoms with E-state index in [1.54, 1.807) is 18.5 Å². The van der Waals surface area contributed by atoms with Crippen molar-refractivity contribution in [2.75, 3.05) is 11.5 Å². The highest BCUT2D eigenvalue weighted by atomic mass is 32.2. The van der Waals surface area contributed by atoms with E-state index in [2.05, 4.69) is 15.3 Å². The lowest BCUT2D eigenvalue weighted by molar-refractivity contribution is 0.0943. The van der Waals surface area contributed by atoms with Crippen molar-refractivity contribution in [3.8, 4) is 11.3 Å². The highest BCUT2D eigenvalue weighted by molar-refractivity contribution is 7.91. The molecule has 1 unspecified atom stereocenters. The molecule has 1 fully saturated rings. The number of benzene rings is 1. The maximum Gasteiger partial charge on any atom is 0.252 e. The van der Waals surface area contributed by atoms with E-state index in [1.165, 1.54) is 0 Å². The Morgan fingerprint density at radius 3 is 2.73 bits per heavy atom. The molecule has 1 atom stereocenters.